The van der Waals surface area contributed by atoms with E-state index < -0.39 is 17.3 Å². The summed E-state index contributed by atoms with van der Waals surface area (Å²) >= 11 is 0. The number of carbonyl (C=O) groups is 2. The second-order valence-corrected chi connectivity index (χ2v) is 7.91. The Hall–Kier alpha value is -3.31. The number of hydrogen-bond donors (Lipinski definition) is 1. The minimum absolute atomic E-state index is 0.0231. The van der Waals surface area contributed by atoms with Gasteiger partial charge in [0.1, 0.15) is 5.82 Å². The summed E-state index contributed by atoms with van der Waals surface area (Å²) in [6.07, 6.45) is 1.56. The second kappa shape index (κ2) is 8.44. The Morgan fingerprint density at radius 3 is 2.39 bits per heavy atom. The fraction of sp³-hybridized carbons (Fsp3) is 0.231. The Bertz CT molecular complexity index is 1130. The monoisotopic (exact) mass is 417 g/mol. The van der Waals surface area contributed by atoms with Gasteiger partial charge in [-0.15, -0.1) is 0 Å². The molecular formula is C26H24FNO3. The van der Waals surface area contributed by atoms with Crippen LogP contribution in [0.2, 0.25) is 0 Å². The van der Waals surface area contributed by atoms with Crippen molar-refractivity contribution < 1.29 is 19.1 Å². The molecule has 4 rings (SSSR count). The average molecular weight is 417 g/mol. The van der Waals surface area contributed by atoms with Crippen LogP contribution in [-0.2, 0) is 23.4 Å². The molecule has 1 atom stereocenters. The highest BCUT2D eigenvalue weighted by Gasteiger charge is 2.50. The lowest BCUT2D eigenvalue weighted by Crippen LogP contribution is -2.41. The number of para-hydroxylation sites is 1. The predicted molar refractivity (Wildman–Crippen MR) is 117 cm³/mol. The van der Waals surface area contributed by atoms with Gasteiger partial charge in [0, 0.05) is 16.7 Å². The highest BCUT2D eigenvalue weighted by Crippen LogP contribution is 2.43. The molecule has 1 aliphatic rings. The Kier molecular flexibility index (Phi) is 5.70. The number of halogens is 1. The molecular weight excluding hydrogens is 393 g/mol. The highest BCUT2D eigenvalue weighted by atomic mass is 19.1. The molecule has 3 aromatic rings. The molecule has 4 nitrogen and oxygen atoms in total. The quantitative estimate of drug-likeness (QED) is 0.563. The van der Waals surface area contributed by atoms with Crippen molar-refractivity contribution in [3.8, 4) is 0 Å². The number of fused-ring (bicyclic) bond motifs is 1. The number of nitrogens with zero attached hydrogens (tertiary/aromatic N) is 1. The lowest BCUT2D eigenvalue weighted by atomic mass is 9.88. The molecule has 1 heterocycles. The predicted octanol–water partition coefficient (Wildman–Crippen LogP) is 4.79. The van der Waals surface area contributed by atoms with Gasteiger partial charge in [-0.1, -0.05) is 74.0 Å². The number of benzene rings is 3. The number of Topliss-reactive ketones (excluding diaryl/α,β-unsaturated/α-hetero) is 1. The number of aliphatic hydroxyl groups is 1. The first-order valence-electron chi connectivity index (χ1n) is 10.4. The lowest BCUT2D eigenvalue weighted by Gasteiger charge is -2.23. The van der Waals surface area contributed by atoms with E-state index >= 15 is 0 Å². The van der Waals surface area contributed by atoms with Gasteiger partial charge in [0.05, 0.1) is 18.7 Å². The van der Waals surface area contributed by atoms with Gasteiger partial charge in [-0.3, -0.25) is 9.59 Å². The van der Waals surface area contributed by atoms with Crippen molar-refractivity contribution in [3.63, 3.8) is 0 Å². The molecule has 0 saturated carbocycles. The van der Waals surface area contributed by atoms with Gasteiger partial charge in [-0.2, -0.15) is 0 Å². The van der Waals surface area contributed by atoms with Crippen LogP contribution in [0.4, 0.5) is 10.1 Å². The molecule has 0 aromatic heterocycles. The summed E-state index contributed by atoms with van der Waals surface area (Å²) in [6.45, 7) is 2.07. The first kappa shape index (κ1) is 20.9. The molecule has 0 spiro atoms. The summed E-state index contributed by atoms with van der Waals surface area (Å²) in [7, 11) is 0. The smallest absolute Gasteiger partial charge is 0.264 e. The van der Waals surface area contributed by atoms with E-state index in [1.165, 1.54) is 11.0 Å². The molecule has 0 bridgehead atoms. The van der Waals surface area contributed by atoms with Gasteiger partial charge >= 0.3 is 0 Å². The number of ketones is 1. The van der Waals surface area contributed by atoms with Crippen molar-refractivity contribution in [1.29, 1.82) is 0 Å². The highest BCUT2D eigenvalue weighted by molar-refractivity contribution is 6.10. The Morgan fingerprint density at radius 2 is 1.68 bits per heavy atom. The molecule has 1 amide bonds. The zero-order valence-electron chi connectivity index (χ0n) is 17.3. The van der Waals surface area contributed by atoms with Crippen LogP contribution >= 0.6 is 0 Å². The van der Waals surface area contributed by atoms with Crippen molar-refractivity contribution in [1.82, 2.24) is 0 Å². The largest absolute Gasteiger partial charge is 0.375 e. The molecule has 5 heteroatoms. The van der Waals surface area contributed by atoms with E-state index in [0.717, 1.165) is 18.4 Å². The van der Waals surface area contributed by atoms with Gasteiger partial charge in [0.25, 0.3) is 5.91 Å². The van der Waals surface area contributed by atoms with Crippen LogP contribution in [0.5, 0.6) is 0 Å². The van der Waals surface area contributed by atoms with E-state index in [0.29, 0.717) is 22.4 Å². The molecule has 3 aromatic carbocycles. The minimum Gasteiger partial charge on any atom is -0.375 e. The summed E-state index contributed by atoms with van der Waals surface area (Å²) in [4.78, 5) is 27.6. The van der Waals surface area contributed by atoms with Gasteiger partial charge in [0.15, 0.2) is 11.4 Å². The van der Waals surface area contributed by atoms with Crippen LogP contribution in [0, 0.1) is 5.82 Å². The summed E-state index contributed by atoms with van der Waals surface area (Å²) in [5, 5.41) is 11.4. The van der Waals surface area contributed by atoms with Crippen LogP contribution in [0.1, 0.15) is 46.8 Å². The maximum Gasteiger partial charge on any atom is 0.264 e. The zero-order chi connectivity index (χ0) is 22.0. The number of rotatable bonds is 7. The Morgan fingerprint density at radius 1 is 1.00 bits per heavy atom. The summed E-state index contributed by atoms with van der Waals surface area (Å²) in [6, 6.07) is 20.3. The molecule has 1 N–H and O–H groups in total. The van der Waals surface area contributed by atoms with Gasteiger partial charge in [-0.05, 0) is 24.1 Å². The van der Waals surface area contributed by atoms with Crippen LogP contribution in [0.15, 0.2) is 72.8 Å². The number of hydrogen-bond acceptors (Lipinski definition) is 3. The zero-order valence-corrected chi connectivity index (χ0v) is 17.3. The number of aryl methyl sites for hydroxylation is 1. The van der Waals surface area contributed by atoms with Crippen LogP contribution < -0.4 is 4.90 Å². The summed E-state index contributed by atoms with van der Waals surface area (Å²) in [5.41, 5.74) is 0.799. The third-order valence-corrected chi connectivity index (χ3v) is 5.76. The van der Waals surface area contributed by atoms with E-state index in [-0.39, 0.29) is 18.7 Å². The van der Waals surface area contributed by atoms with Crippen molar-refractivity contribution in [2.24, 2.45) is 0 Å². The van der Waals surface area contributed by atoms with Gasteiger partial charge in [0.2, 0.25) is 0 Å². The lowest BCUT2D eigenvalue weighted by molar-refractivity contribution is -0.136. The maximum atomic E-state index is 14.2. The molecule has 0 fully saturated rings. The van der Waals surface area contributed by atoms with E-state index in [1.807, 2.05) is 12.1 Å². The second-order valence-electron chi connectivity index (χ2n) is 7.91. The molecule has 1 aliphatic heterocycles. The van der Waals surface area contributed by atoms with Crippen LogP contribution in [0.3, 0.4) is 0 Å². The fourth-order valence-corrected chi connectivity index (χ4v) is 4.11. The Labute approximate surface area is 181 Å². The maximum absolute atomic E-state index is 14.2. The first-order chi connectivity index (χ1) is 14.9. The van der Waals surface area contributed by atoms with Crippen LogP contribution in [-0.4, -0.2) is 16.8 Å². The molecule has 31 heavy (non-hydrogen) atoms. The van der Waals surface area contributed by atoms with E-state index in [2.05, 4.69) is 6.92 Å². The van der Waals surface area contributed by atoms with E-state index in [9.17, 15) is 19.1 Å². The SMILES string of the molecule is CCCc1ccc(C(=O)C[C@]2(O)C(=O)N(Cc3ccccc3F)c3ccccc32)cc1. The molecule has 158 valence electrons. The van der Waals surface area contributed by atoms with Gasteiger partial charge < -0.3 is 10.0 Å². The summed E-state index contributed by atoms with van der Waals surface area (Å²) < 4.78 is 14.2. The standard InChI is InChI=1S/C26H24FNO3/c1-2-7-18-12-14-19(15-13-18)24(29)16-26(31)21-9-4-6-11-23(21)28(25(26)30)17-20-8-3-5-10-22(20)27/h3-6,8-15,31H,2,7,16-17H2,1H3/t26-/m1/s1. The molecule has 0 saturated heterocycles. The van der Waals surface area contributed by atoms with E-state index in [4.69, 9.17) is 0 Å². The minimum atomic E-state index is -1.99. The molecule has 0 unspecified atom stereocenters. The summed E-state index contributed by atoms with van der Waals surface area (Å²) in [5.74, 6) is -1.36. The van der Waals surface area contributed by atoms with Crippen molar-refractivity contribution >= 4 is 17.4 Å². The number of carbonyl (C=O) groups excluding carboxylic acids is 2. The normalized spacial score (nSPS) is 17.6. The molecule has 0 radical (unpaired) electrons. The van der Waals surface area contributed by atoms with Gasteiger partial charge in [-0.25, -0.2) is 4.39 Å². The van der Waals surface area contributed by atoms with Crippen molar-refractivity contribution in [2.45, 2.75) is 38.3 Å². The van der Waals surface area contributed by atoms with Crippen molar-refractivity contribution in [2.75, 3.05) is 4.90 Å². The Balaban J connectivity index is 1.63. The molecule has 0 aliphatic carbocycles. The van der Waals surface area contributed by atoms with E-state index in [1.54, 1.807) is 54.6 Å². The van der Waals surface area contributed by atoms with Crippen LogP contribution in [0.25, 0.3) is 0 Å². The third kappa shape index (κ3) is 3.89. The topological polar surface area (TPSA) is 57.6 Å². The average Bonchev–Trinajstić information content (AvgIpc) is 2.98. The fourth-order valence-electron chi connectivity index (χ4n) is 4.11. The number of anilines is 1. The van der Waals surface area contributed by atoms with Crippen molar-refractivity contribution in [3.05, 3.63) is 101 Å². The first-order valence-corrected chi connectivity index (χ1v) is 10.4. The third-order valence-electron chi connectivity index (χ3n) is 5.76. The number of amides is 1.